The second-order valence-corrected chi connectivity index (χ2v) is 4.07. The number of halogens is 1. The third-order valence-corrected chi connectivity index (χ3v) is 2.83. The largest absolute Gasteiger partial charge is 0.494 e. The molecule has 0 unspecified atom stereocenters. The summed E-state index contributed by atoms with van der Waals surface area (Å²) in [5.41, 5.74) is 1.01. The zero-order chi connectivity index (χ0) is 12.8. The molecule has 5 heteroatoms. The van der Waals surface area contributed by atoms with Crippen molar-refractivity contribution in [1.82, 2.24) is 9.97 Å². The van der Waals surface area contributed by atoms with E-state index in [1.807, 2.05) is 31.2 Å². The molecule has 0 fully saturated rings. The summed E-state index contributed by atoms with van der Waals surface area (Å²) in [5, 5.41) is 0.732. The van der Waals surface area contributed by atoms with Crippen LogP contribution in [0.3, 0.4) is 0 Å². The fraction of sp³-hybridized carbons (Fsp3) is 0.231. The van der Waals surface area contributed by atoms with Crippen molar-refractivity contribution in [2.45, 2.75) is 12.3 Å². The molecule has 0 radical (unpaired) electrons. The highest BCUT2D eigenvalue weighted by Crippen LogP contribution is 2.21. The zero-order valence-corrected chi connectivity index (χ0v) is 11.6. The van der Waals surface area contributed by atoms with Crippen molar-refractivity contribution in [3.8, 4) is 17.5 Å². The van der Waals surface area contributed by atoms with E-state index in [-0.39, 0.29) is 0 Å². The Kier molecular flexibility index (Phi) is 4.52. The standard InChI is InChI=1S/C13H13BrN2O2/c1-2-17-11-3-5-12(6-4-11)18-13-15-8-10(7-14)9-16-13/h3-6,8-9H,2,7H2,1H3. The summed E-state index contributed by atoms with van der Waals surface area (Å²) >= 11 is 3.34. The lowest BCUT2D eigenvalue weighted by Gasteiger charge is -2.06. The molecule has 4 nitrogen and oxygen atoms in total. The van der Waals surface area contributed by atoms with Crippen LogP contribution in [0.25, 0.3) is 0 Å². The highest BCUT2D eigenvalue weighted by molar-refractivity contribution is 9.08. The number of rotatable bonds is 5. The minimum absolute atomic E-state index is 0.337. The molecule has 0 atom stereocenters. The zero-order valence-electron chi connectivity index (χ0n) is 9.97. The highest BCUT2D eigenvalue weighted by atomic mass is 79.9. The molecule has 94 valence electrons. The fourth-order valence-corrected chi connectivity index (χ4v) is 1.63. The molecule has 2 rings (SSSR count). The van der Waals surface area contributed by atoms with E-state index < -0.39 is 0 Å². The number of aromatic nitrogens is 2. The second-order valence-electron chi connectivity index (χ2n) is 3.51. The molecular formula is C13H13BrN2O2. The molecule has 0 spiro atoms. The third kappa shape index (κ3) is 3.43. The number of benzene rings is 1. The van der Waals surface area contributed by atoms with Gasteiger partial charge in [-0.05, 0) is 36.8 Å². The summed E-state index contributed by atoms with van der Waals surface area (Å²) in [5.74, 6) is 1.51. The van der Waals surface area contributed by atoms with Crippen LogP contribution in [0.2, 0.25) is 0 Å². The minimum atomic E-state index is 0.337. The second kappa shape index (κ2) is 6.35. The number of hydrogen-bond donors (Lipinski definition) is 0. The maximum Gasteiger partial charge on any atom is 0.321 e. The summed E-state index contributed by atoms with van der Waals surface area (Å²) < 4.78 is 10.9. The van der Waals surface area contributed by atoms with Gasteiger partial charge in [0.2, 0.25) is 0 Å². The van der Waals surface area contributed by atoms with Crippen LogP contribution < -0.4 is 9.47 Å². The molecule has 1 aromatic carbocycles. The Morgan fingerprint density at radius 1 is 1.06 bits per heavy atom. The van der Waals surface area contributed by atoms with Crippen molar-refractivity contribution < 1.29 is 9.47 Å². The Morgan fingerprint density at radius 3 is 2.22 bits per heavy atom. The van der Waals surface area contributed by atoms with Gasteiger partial charge in [0, 0.05) is 17.7 Å². The van der Waals surface area contributed by atoms with Gasteiger partial charge < -0.3 is 9.47 Å². The first-order chi connectivity index (χ1) is 8.81. The number of nitrogens with zero attached hydrogens (tertiary/aromatic N) is 2. The molecule has 0 aliphatic rings. The lowest BCUT2D eigenvalue weighted by molar-refractivity contribution is 0.339. The summed E-state index contributed by atoms with van der Waals surface area (Å²) in [6, 6.07) is 7.69. The van der Waals surface area contributed by atoms with E-state index in [4.69, 9.17) is 9.47 Å². The monoisotopic (exact) mass is 308 g/mol. The predicted molar refractivity (Wildman–Crippen MR) is 72.3 cm³/mol. The van der Waals surface area contributed by atoms with Crippen LogP contribution in [0.15, 0.2) is 36.7 Å². The Bertz CT molecular complexity index is 485. The topological polar surface area (TPSA) is 44.2 Å². The van der Waals surface area contributed by atoms with E-state index in [0.717, 1.165) is 16.6 Å². The summed E-state index contributed by atoms with van der Waals surface area (Å²) in [6.07, 6.45) is 3.46. The van der Waals surface area contributed by atoms with Gasteiger partial charge in [0.25, 0.3) is 0 Å². The van der Waals surface area contributed by atoms with E-state index >= 15 is 0 Å². The molecule has 0 amide bonds. The Hall–Kier alpha value is -1.62. The molecule has 0 aliphatic carbocycles. The highest BCUT2D eigenvalue weighted by Gasteiger charge is 2.01. The Morgan fingerprint density at radius 2 is 1.67 bits per heavy atom. The van der Waals surface area contributed by atoms with E-state index in [2.05, 4.69) is 25.9 Å². The summed E-state index contributed by atoms with van der Waals surface area (Å²) in [6.45, 7) is 2.60. The van der Waals surface area contributed by atoms with Crippen molar-refractivity contribution in [3.05, 3.63) is 42.2 Å². The molecule has 1 heterocycles. The van der Waals surface area contributed by atoms with Crippen molar-refractivity contribution >= 4 is 15.9 Å². The maximum absolute atomic E-state index is 5.52. The van der Waals surface area contributed by atoms with Crippen LogP contribution in [0.1, 0.15) is 12.5 Å². The van der Waals surface area contributed by atoms with Crippen LogP contribution >= 0.6 is 15.9 Å². The number of alkyl halides is 1. The molecule has 1 aromatic heterocycles. The van der Waals surface area contributed by atoms with Gasteiger partial charge in [-0.3, -0.25) is 0 Å². The van der Waals surface area contributed by atoms with Crippen molar-refractivity contribution in [2.24, 2.45) is 0 Å². The Labute approximate surface area is 114 Å². The van der Waals surface area contributed by atoms with Crippen molar-refractivity contribution in [1.29, 1.82) is 0 Å². The van der Waals surface area contributed by atoms with E-state index in [9.17, 15) is 0 Å². The maximum atomic E-state index is 5.52. The first-order valence-electron chi connectivity index (χ1n) is 5.59. The van der Waals surface area contributed by atoms with Gasteiger partial charge in [-0.1, -0.05) is 15.9 Å². The van der Waals surface area contributed by atoms with Crippen LogP contribution in [0, 0.1) is 0 Å². The van der Waals surface area contributed by atoms with Gasteiger partial charge in [-0.15, -0.1) is 0 Å². The van der Waals surface area contributed by atoms with Crippen molar-refractivity contribution in [3.63, 3.8) is 0 Å². The van der Waals surface area contributed by atoms with Gasteiger partial charge in [0.15, 0.2) is 0 Å². The first kappa shape index (κ1) is 12.8. The lowest BCUT2D eigenvalue weighted by Crippen LogP contribution is -1.94. The molecule has 2 aromatic rings. The first-order valence-corrected chi connectivity index (χ1v) is 6.71. The molecule has 0 aliphatic heterocycles. The quantitative estimate of drug-likeness (QED) is 0.792. The van der Waals surface area contributed by atoms with Crippen LogP contribution in [-0.2, 0) is 5.33 Å². The van der Waals surface area contributed by atoms with Gasteiger partial charge in [0.05, 0.1) is 6.61 Å². The summed E-state index contributed by atoms with van der Waals surface area (Å²) in [4.78, 5) is 8.22. The lowest BCUT2D eigenvalue weighted by atomic mass is 10.3. The molecule has 18 heavy (non-hydrogen) atoms. The molecule has 0 saturated carbocycles. The van der Waals surface area contributed by atoms with E-state index in [1.165, 1.54) is 0 Å². The number of ether oxygens (including phenoxy) is 2. The van der Waals surface area contributed by atoms with Crippen LogP contribution in [0.5, 0.6) is 17.5 Å². The molecule has 0 saturated heterocycles. The van der Waals surface area contributed by atoms with Gasteiger partial charge in [-0.2, -0.15) is 0 Å². The SMILES string of the molecule is CCOc1ccc(Oc2ncc(CBr)cn2)cc1. The fourth-order valence-electron chi connectivity index (χ4n) is 1.34. The van der Waals surface area contributed by atoms with Gasteiger partial charge in [-0.25, -0.2) is 9.97 Å². The van der Waals surface area contributed by atoms with Crippen LogP contribution in [-0.4, -0.2) is 16.6 Å². The summed E-state index contributed by atoms with van der Waals surface area (Å²) in [7, 11) is 0. The van der Waals surface area contributed by atoms with E-state index in [1.54, 1.807) is 12.4 Å². The van der Waals surface area contributed by atoms with E-state index in [0.29, 0.717) is 18.4 Å². The van der Waals surface area contributed by atoms with Crippen LogP contribution in [0.4, 0.5) is 0 Å². The molecular weight excluding hydrogens is 296 g/mol. The molecule has 0 bridgehead atoms. The van der Waals surface area contributed by atoms with Gasteiger partial charge >= 0.3 is 6.01 Å². The normalized spacial score (nSPS) is 10.1. The molecule has 0 N–H and O–H groups in total. The minimum Gasteiger partial charge on any atom is -0.494 e. The predicted octanol–water partition coefficient (Wildman–Crippen LogP) is 3.56. The smallest absolute Gasteiger partial charge is 0.321 e. The number of hydrogen-bond acceptors (Lipinski definition) is 4. The average molecular weight is 309 g/mol. The van der Waals surface area contributed by atoms with Gasteiger partial charge in [0.1, 0.15) is 11.5 Å². The van der Waals surface area contributed by atoms with Crippen molar-refractivity contribution in [2.75, 3.05) is 6.61 Å². The average Bonchev–Trinajstić information content (AvgIpc) is 2.42. The Balaban J connectivity index is 2.03. The third-order valence-electron chi connectivity index (χ3n) is 2.18.